The second-order valence-corrected chi connectivity index (χ2v) is 5.93. The van der Waals surface area contributed by atoms with Gasteiger partial charge >= 0.3 is 11.9 Å². The summed E-state index contributed by atoms with van der Waals surface area (Å²) < 4.78 is 0.172. The summed E-state index contributed by atoms with van der Waals surface area (Å²) in [7, 11) is 4.19. The summed E-state index contributed by atoms with van der Waals surface area (Å²) in [5.41, 5.74) is 0. The Morgan fingerprint density at radius 2 is 1.65 bits per heavy atom. The quantitative estimate of drug-likeness (QED) is 0.665. The van der Waals surface area contributed by atoms with Crippen molar-refractivity contribution in [2.45, 2.75) is 10.6 Å². The summed E-state index contributed by atoms with van der Waals surface area (Å²) in [5, 5.41) is 23.4. The van der Waals surface area contributed by atoms with Crippen LogP contribution in [0.4, 0.5) is 0 Å². The van der Waals surface area contributed by atoms with Crippen molar-refractivity contribution in [2.24, 2.45) is 0 Å². The molecule has 0 amide bonds. The summed E-state index contributed by atoms with van der Waals surface area (Å²) >= 11 is 3.52. The number of rotatable bonds is 1. The van der Waals surface area contributed by atoms with Gasteiger partial charge < -0.3 is 15.1 Å². The zero-order valence-electron chi connectivity index (χ0n) is 9.49. The molecule has 1 aliphatic rings. The lowest BCUT2D eigenvalue weighted by atomic mass is 10.4. The van der Waals surface area contributed by atoms with Crippen LogP contribution in [0.3, 0.4) is 0 Å². The number of thioether (sulfide) groups is 2. The van der Waals surface area contributed by atoms with E-state index < -0.39 is 11.9 Å². The second-order valence-electron chi connectivity index (χ2n) is 3.36. The van der Waals surface area contributed by atoms with Crippen LogP contribution in [-0.2, 0) is 9.59 Å². The molecular weight excluding hydrogens is 264 g/mol. The number of carboxylic acid groups (broad SMARTS) is 2. The fourth-order valence-corrected chi connectivity index (χ4v) is 3.65. The zero-order chi connectivity index (χ0) is 13.4. The average Bonchev–Trinajstić information content (AvgIpc) is 2.29. The Balaban J connectivity index is 0.000000366. The van der Waals surface area contributed by atoms with Gasteiger partial charge in [-0.05, 0) is 14.1 Å². The first-order valence-corrected chi connectivity index (χ1v) is 6.73. The highest BCUT2D eigenvalue weighted by molar-refractivity contribution is 8.18. The average molecular weight is 278 g/mol. The second kappa shape index (κ2) is 8.22. The van der Waals surface area contributed by atoms with Gasteiger partial charge in [-0.2, -0.15) is 5.26 Å². The molecule has 17 heavy (non-hydrogen) atoms. The molecule has 0 atom stereocenters. The minimum absolute atomic E-state index is 0.172. The summed E-state index contributed by atoms with van der Waals surface area (Å²) in [6.45, 7) is 0. The van der Waals surface area contributed by atoms with Crippen LogP contribution in [0.1, 0.15) is 0 Å². The topological polar surface area (TPSA) is 102 Å². The van der Waals surface area contributed by atoms with Gasteiger partial charge in [0.2, 0.25) is 0 Å². The van der Waals surface area contributed by atoms with Crippen LogP contribution in [0.2, 0.25) is 0 Å². The van der Waals surface area contributed by atoms with Crippen LogP contribution in [0.5, 0.6) is 0 Å². The lowest BCUT2D eigenvalue weighted by Crippen LogP contribution is -2.35. The monoisotopic (exact) mass is 278 g/mol. The van der Waals surface area contributed by atoms with E-state index in [2.05, 4.69) is 25.1 Å². The van der Waals surface area contributed by atoms with Crippen molar-refractivity contribution in [1.82, 2.24) is 4.90 Å². The number of hydrogen-bond acceptors (Lipinski definition) is 6. The summed E-state index contributed by atoms with van der Waals surface area (Å²) in [4.78, 5) is 20.4. The molecule has 0 spiro atoms. The van der Waals surface area contributed by atoms with E-state index in [-0.39, 0.29) is 4.58 Å². The molecule has 1 fully saturated rings. The molecule has 1 saturated heterocycles. The molecule has 1 rings (SSSR count). The van der Waals surface area contributed by atoms with E-state index in [1.165, 1.54) is 0 Å². The largest absolute Gasteiger partial charge is 0.473 e. The van der Waals surface area contributed by atoms with Crippen LogP contribution in [0.25, 0.3) is 0 Å². The third-order valence-corrected chi connectivity index (χ3v) is 4.69. The highest BCUT2D eigenvalue weighted by Gasteiger charge is 2.22. The Morgan fingerprint density at radius 1 is 1.24 bits per heavy atom. The smallest absolute Gasteiger partial charge is 0.414 e. The van der Waals surface area contributed by atoms with Gasteiger partial charge in [-0.15, -0.1) is 23.5 Å². The van der Waals surface area contributed by atoms with Crippen molar-refractivity contribution < 1.29 is 19.8 Å². The first kappa shape index (κ1) is 16.1. The van der Waals surface area contributed by atoms with Crippen molar-refractivity contribution in [2.75, 3.05) is 25.6 Å². The molecule has 0 aromatic rings. The van der Waals surface area contributed by atoms with Gasteiger partial charge in [0.15, 0.2) is 0 Å². The lowest BCUT2D eigenvalue weighted by molar-refractivity contribution is -0.159. The maximum absolute atomic E-state index is 9.10. The predicted octanol–water partition coefficient (Wildman–Crippen LogP) is 0.402. The van der Waals surface area contributed by atoms with Gasteiger partial charge in [0.25, 0.3) is 0 Å². The van der Waals surface area contributed by atoms with E-state index in [1.54, 1.807) is 23.5 Å². The summed E-state index contributed by atoms with van der Waals surface area (Å²) in [5.74, 6) is -1.46. The fourth-order valence-electron chi connectivity index (χ4n) is 0.866. The van der Waals surface area contributed by atoms with Gasteiger partial charge in [0.1, 0.15) is 4.58 Å². The van der Waals surface area contributed by atoms with Gasteiger partial charge in [-0.1, -0.05) is 0 Å². The van der Waals surface area contributed by atoms with E-state index in [9.17, 15) is 0 Å². The van der Waals surface area contributed by atoms with E-state index in [0.29, 0.717) is 6.04 Å². The van der Waals surface area contributed by atoms with Gasteiger partial charge in [0.05, 0.1) is 6.07 Å². The molecule has 0 aromatic heterocycles. The first-order valence-electron chi connectivity index (χ1n) is 4.64. The molecule has 8 heteroatoms. The van der Waals surface area contributed by atoms with Gasteiger partial charge in [0, 0.05) is 17.5 Å². The fraction of sp³-hybridized carbons (Fsp3) is 0.667. The Hall–Kier alpha value is -0.910. The van der Waals surface area contributed by atoms with Crippen molar-refractivity contribution >= 4 is 35.5 Å². The summed E-state index contributed by atoms with van der Waals surface area (Å²) in [6.07, 6.45) is 0. The van der Waals surface area contributed by atoms with E-state index in [4.69, 9.17) is 25.1 Å². The minimum atomic E-state index is -1.82. The Kier molecular flexibility index (Phi) is 7.78. The SMILES string of the molecule is CN(C)C1CSC(C#N)SC1.O=C(O)C(=O)O. The number of nitriles is 1. The number of carboxylic acids is 2. The molecule has 0 unspecified atom stereocenters. The third kappa shape index (κ3) is 7.10. The van der Waals surface area contributed by atoms with Gasteiger partial charge in [-0.25, -0.2) is 9.59 Å². The minimum Gasteiger partial charge on any atom is -0.473 e. The Morgan fingerprint density at radius 3 is 1.88 bits per heavy atom. The Labute approximate surface area is 108 Å². The molecule has 6 nitrogen and oxygen atoms in total. The molecule has 0 saturated carbocycles. The first-order chi connectivity index (χ1) is 7.88. The number of hydrogen-bond donors (Lipinski definition) is 2. The van der Waals surface area contributed by atoms with Crippen molar-refractivity contribution in [3.63, 3.8) is 0 Å². The van der Waals surface area contributed by atoms with Crippen molar-refractivity contribution in [3.8, 4) is 6.07 Å². The van der Waals surface area contributed by atoms with Crippen LogP contribution in [0.15, 0.2) is 0 Å². The molecule has 1 aliphatic heterocycles. The van der Waals surface area contributed by atoms with E-state index in [0.717, 1.165) is 11.5 Å². The van der Waals surface area contributed by atoms with Gasteiger partial charge in [-0.3, -0.25) is 0 Å². The Bertz CT molecular complexity index is 297. The maximum atomic E-state index is 9.10. The lowest BCUT2D eigenvalue weighted by Gasteiger charge is -2.29. The molecular formula is C9H14N2O4S2. The van der Waals surface area contributed by atoms with Crippen molar-refractivity contribution in [3.05, 3.63) is 0 Å². The van der Waals surface area contributed by atoms with Crippen LogP contribution < -0.4 is 0 Å². The molecule has 96 valence electrons. The third-order valence-electron chi connectivity index (χ3n) is 1.90. The number of carbonyl (C=O) groups is 2. The van der Waals surface area contributed by atoms with Crippen LogP contribution in [-0.4, -0.2) is 63.3 Å². The molecule has 1 heterocycles. The molecule has 0 aliphatic carbocycles. The maximum Gasteiger partial charge on any atom is 0.414 e. The zero-order valence-corrected chi connectivity index (χ0v) is 11.1. The molecule has 2 N–H and O–H groups in total. The molecule has 0 radical (unpaired) electrons. The molecule has 0 aromatic carbocycles. The van der Waals surface area contributed by atoms with E-state index >= 15 is 0 Å². The number of aliphatic carboxylic acids is 2. The standard InChI is InChI=1S/C7H12N2S2.C2H2O4/c1-9(2)6-4-10-7(3-8)11-5-6;3-1(4)2(5)6/h6-7H,4-5H2,1-2H3;(H,3,4)(H,5,6). The van der Waals surface area contributed by atoms with E-state index in [1.807, 2.05) is 0 Å². The van der Waals surface area contributed by atoms with Crippen molar-refractivity contribution in [1.29, 1.82) is 5.26 Å². The summed E-state index contributed by atoms with van der Waals surface area (Å²) in [6, 6.07) is 2.92. The highest BCUT2D eigenvalue weighted by atomic mass is 32.2. The van der Waals surface area contributed by atoms with Crippen LogP contribution >= 0.6 is 23.5 Å². The highest BCUT2D eigenvalue weighted by Crippen LogP contribution is 2.31. The molecule has 0 bridgehead atoms. The number of nitrogens with zero attached hydrogens (tertiary/aromatic N) is 2. The normalized spacial score (nSPS) is 23.2. The predicted molar refractivity (Wildman–Crippen MR) is 67.1 cm³/mol. The van der Waals surface area contributed by atoms with Crippen LogP contribution in [0, 0.1) is 11.3 Å².